The average Bonchev–Trinajstić information content (AvgIpc) is 3.10. The Kier molecular flexibility index (Phi) is 7.39. The van der Waals surface area contributed by atoms with Gasteiger partial charge in [-0.2, -0.15) is 0 Å². The van der Waals surface area contributed by atoms with Crippen LogP contribution in [-0.4, -0.2) is 28.4 Å². The van der Waals surface area contributed by atoms with Crippen molar-refractivity contribution < 1.29 is 9.21 Å². The van der Waals surface area contributed by atoms with Crippen LogP contribution in [0.1, 0.15) is 74.5 Å². The van der Waals surface area contributed by atoms with Gasteiger partial charge in [0.05, 0.1) is 6.54 Å². The smallest absolute Gasteiger partial charge is 0.273 e. The molecule has 1 amide bonds. The molecule has 0 aliphatic rings. The SMILES string of the molecule is CCNC(=O)c1coc(CN(Cc2ccc(C(C)C)cc2)[C@H](C)CC)n1. The largest absolute Gasteiger partial charge is 0.447 e. The van der Waals surface area contributed by atoms with E-state index in [1.807, 2.05) is 6.92 Å². The molecule has 26 heavy (non-hydrogen) atoms. The van der Waals surface area contributed by atoms with Crippen molar-refractivity contribution in [1.29, 1.82) is 0 Å². The Bertz CT molecular complexity index is 692. The maximum atomic E-state index is 11.9. The van der Waals surface area contributed by atoms with Crippen molar-refractivity contribution in [2.75, 3.05) is 6.54 Å². The highest BCUT2D eigenvalue weighted by Gasteiger charge is 2.18. The van der Waals surface area contributed by atoms with E-state index in [1.54, 1.807) is 0 Å². The average molecular weight is 357 g/mol. The number of oxazole rings is 1. The summed E-state index contributed by atoms with van der Waals surface area (Å²) in [6.45, 7) is 12.7. The summed E-state index contributed by atoms with van der Waals surface area (Å²) in [6, 6.07) is 9.18. The van der Waals surface area contributed by atoms with Gasteiger partial charge in [0.15, 0.2) is 5.69 Å². The maximum absolute atomic E-state index is 11.9. The van der Waals surface area contributed by atoms with Crippen molar-refractivity contribution in [2.24, 2.45) is 0 Å². The lowest BCUT2D eigenvalue weighted by Gasteiger charge is -2.27. The molecular formula is C21H31N3O2. The fourth-order valence-corrected chi connectivity index (χ4v) is 2.78. The molecule has 1 aromatic carbocycles. The normalized spacial score (nSPS) is 12.6. The minimum absolute atomic E-state index is 0.193. The molecule has 5 heteroatoms. The molecule has 0 saturated heterocycles. The summed E-state index contributed by atoms with van der Waals surface area (Å²) in [5.74, 6) is 0.918. The van der Waals surface area contributed by atoms with E-state index in [1.165, 1.54) is 17.4 Å². The summed E-state index contributed by atoms with van der Waals surface area (Å²) < 4.78 is 5.53. The van der Waals surface area contributed by atoms with Crippen LogP contribution >= 0.6 is 0 Å². The fourth-order valence-electron chi connectivity index (χ4n) is 2.78. The molecule has 2 aromatic rings. The molecule has 0 aliphatic heterocycles. The second-order valence-electron chi connectivity index (χ2n) is 7.04. The first-order valence-electron chi connectivity index (χ1n) is 9.50. The van der Waals surface area contributed by atoms with E-state index in [-0.39, 0.29) is 5.91 Å². The predicted octanol–water partition coefficient (Wildman–Crippen LogP) is 4.35. The second kappa shape index (κ2) is 9.53. The molecule has 2 rings (SSSR count). The molecule has 0 bridgehead atoms. The van der Waals surface area contributed by atoms with Crippen molar-refractivity contribution in [3.63, 3.8) is 0 Å². The number of amides is 1. The van der Waals surface area contributed by atoms with Crippen LogP contribution in [0.25, 0.3) is 0 Å². The molecule has 1 N–H and O–H groups in total. The van der Waals surface area contributed by atoms with Gasteiger partial charge in [-0.15, -0.1) is 0 Å². The molecule has 1 heterocycles. The summed E-state index contributed by atoms with van der Waals surface area (Å²) in [7, 11) is 0. The number of carbonyl (C=O) groups excluding carboxylic acids is 1. The van der Waals surface area contributed by atoms with Gasteiger partial charge in [0.1, 0.15) is 6.26 Å². The van der Waals surface area contributed by atoms with Crippen LogP contribution in [-0.2, 0) is 13.1 Å². The van der Waals surface area contributed by atoms with Crippen LogP contribution in [0, 0.1) is 0 Å². The van der Waals surface area contributed by atoms with Gasteiger partial charge in [-0.25, -0.2) is 4.98 Å². The van der Waals surface area contributed by atoms with E-state index >= 15 is 0 Å². The van der Waals surface area contributed by atoms with Crippen LogP contribution in [0.3, 0.4) is 0 Å². The Balaban J connectivity index is 2.09. The van der Waals surface area contributed by atoms with Crippen molar-refractivity contribution in [3.8, 4) is 0 Å². The molecular weight excluding hydrogens is 326 g/mol. The van der Waals surface area contributed by atoms with E-state index in [9.17, 15) is 4.79 Å². The third-order valence-electron chi connectivity index (χ3n) is 4.71. The number of hydrogen-bond donors (Lipinski definition) is 1. The first-order valence-corrected chi connectivity index (χ1v) is 9.50. The third kappa shape index (κ3) is 5.43. The number of hydrogen-bond acceptors (Lipinski definition) is 4. The zero-order valence-electron chi connectivity index (χ0n) is 16.6. The molecule has 1 aromatic heterocycles. The van der Waals surface area contributed by atoms with Gasteiger partial charge in [0, 0.05) is 19.1 Å². The summed E-state index contributed by atoms with van der Waals surface area (Å²) in [4.78, 5) is 18.5. The highest BCUT2D eigenvalue weighted by Crippen LogP contribution is 2.18. The van der Waals surface area contributed by atoms with Crippen LogP contribution in [0.2, 0.25) is 0 Å². The Hall–Kier alpha value is -2.14. The van der Waals surface area contributed by atoms with Gasteiger partial charge >= 0.3 is 0 Å². The van der Waals surface area contributed by atoms with E-state index in [4.69, 9.17) is 4.42 Å². The summed E-state index contributed by atoms with van der Waals surface area (Å²) in [5, 5.41) is 2.74. The Morgan fingerprint density at radius 1 is 1.15 bits per heavy atom. The lowest BCUT2D eigenvalue weighted by atomic mass is 10.0. The summed E-state index contributed by atoms with van der Waals surface area (Å²) in [5.41, 5.74) is 2.96. The van der Waals surface area contributed by atoms with Crippen molar-refractivity contribution in [2.45, 2.75) is 66.1 Å². The summed E-state index contributed by atoms with van der Waals surface area (Å²) in [6.07, 6.45) is 2.47. The van der Waals surface area contributed by atoms with Crippen molar-refractivity contribution in [3.05, 3.63) is 53.2 Å². The van der Waals surface area contributed by atoms with Gasteiger partial charge < -0.3 is 9.73 Å². The third-order valence-corrected chi connectivity index (χ3v) is 4.71. The standard InChI is InChI=1S/C21H31N3O2/c1-6-16(5)24(12-17-8-10-18(11-9-17)15(3)4)13-20-23-19(14-26-20)21(25)22-7-2/h8-11,14-16H,6-7,12-13H2,1-5H3,(H,22,25)/t16-/m1/s1. The van der Waals surface area contributed by atoms with Crippen molar-refractivity contribution >= 4 is 5.91 Å². The predicted molar refractivity (Wildman–Crippen MR) is 104 cm³/mol. The van der Waals surface area contributed by atoms with Gasteiger partial charge in [-0.3, -0.25) is 9.69 Å². The number of aromatic nitrogens is 1. The van der Waals surface area contributed by atoms with Gasteiger partial charge in [0.25, 0.3) is 5.91 Å². The highest BCUT2D eigenvalue weighted by molar-refractivity contribution is 5.91. The van der Waals surface area contributed by atoms with Crippen LogP contribution in [0.15, 0.2) is 34.9 Å². The van der Waals surface area contributed by atoms with E-state index in [2.05, 4.69) is 67.2 Å². The molecule has 0 radical (unpaired) electrons. The minimum atomic E-state index is -0.193. The highest BCUT2D eigenvalue weighted by atomic mass is 16.3. The van der Waals surface area contributed by atoms with Crippen molar-refractivity contribution in [1.82, 2.24) is 15.2 Å². The zero-order chi connectivity index (χ0) is 19.1. The lowest BCUT2D eigenvalue weighted by Crippen LogP contribution is -2.32. The van der Waals surface area contributed by atoms with E-state index in [0.29, 0.717) is 36.6 Å². The second-order valence-corrected chi connectivity index (χ2v) is 7.04. The molecule has 0 aliphatic carbocycles. The van der Waals surface area contributed by atoms with Gasteiger partial charge in [0.2, 0.25) is 5.89 Å². The topological polar surface area (TPSA) is 58.4 Å². The first kappa shape index (κ1) is 20.2. The number of carbonyl (C=O) groups is 1. The Morgan fingerprint density at radius 2 is 1.85 bits per heavy atom. The number of rotatable bonds is 9. The van der Waals surface area contributed by atoms with Gasteiger partial charge in [-0.1, -0.05) is 45.0 Å². The minimum Gasteiger partial charge on any atom is -0.447 e. The zero-order valence-corrected chi connectivity index (χ0v) is 16.6. The molecule has 1 atom stereocenters. The molecule has 0 fully saturated rings. The van der Waals surface area contributed by atoms with E-state index in [0.717, 1.165) is 13.0 Å². The number of nitrogens with zero attached hydrogens (tertiary/aromatic N) is 2. The quantitative estimate of drug-likeness (QED) is 0.725. The molecule has 0 unspecified atom stereocenters. The monoisotopic (exact) mass is 357 g/mol. The molecule has 142 valence electrons. The first-order chi connectivity index (χ1) is 12.4. The number of benzene rings is 1. The van der Waals surface area contributed by atoms with Crippen LogP contribution in [0.5, 0.6) is 0 Å². The Labute approximate surface area is 156 Å². The van der Waals surface area contributed by atoms with Crippen LogP contribution in [0.4, 0.5) is 0 Å². The molecule has 0 saturated carbocycles. The fraction of sp³-hybridized carbons (Fsp3) is 0.524. The molecule has 0 spiro atoms. The van der Waals surface area contributed by atoms with Gasteiger partial charge in [-0.05, 0) is 37.3 Å². The Morgan fingerprint density at radius 3 is 2.42 bits per heavy atom. The number of nitrogens with one attached hydrogen (secondary N) is 1. The summed E-state index contributed by atoms with van der Waals surface area (Å²) >= 11 is 0. The lowest BCUT2D eigenvalue weighted by molar-refractivity contribution is 0.0950. The molecule has 5 nitrogen and oxygen atoms in total. The van der Waals surface area contributed by atoms with Crippen LogP contribution < -0.4 is 5.32 Å². The maximum Gasteiger partial charge on any atom is 0.273 e. The van der Waals surface area contributed by atoms with E-state index < -0.39 is 0 Å².